The minimum absolute atomic E-state index is 0.0200. The van der Waals surface area contributed by atoms with Crippen LogP contribution in [0, 0.1) is 17.8 Å². The van der Waals surface area contributed by atoms with Crippen molar-refractivity contribution >= 4 is 5.78 Å². The summed E-state index contributed by atoms with van der Waals surface area (Å²) in [5.41, 5.74) is 8.60. The minimum atomic E-state index is 0.0200. The van der Waals surface area contributed by atoms with Crippen molar-refractivity contribution in [3.8, 4) is 0 Å². The van der Waals surface area contributed by atoms with Gasteiger partial charge in [-0.2, -0.15) is 0 Å². The Kier molecular flexibility index (Phi) is 2.52. The van der Waals surface area contributed by atoms with Crippen molar-refractivity contribution < 1.29 is 4.79 Å². The molecule has 3 nitrogen and oxygen atoms in total. The van der Waals surface area contributed by atoms with Crippen LogP contribution in [0.5, 0.6) is 0 Å². The molecule has 3 heteroatoms. The Bertz CT molecular complexity index is 525. The standard InChI is InChI=1S/C16H20N2O/c17-14-11-4-3-10(8-11)13(14)16(19)12-6-5-9-2-1-7-18-15(9)12/h1-2,7,10-14H,3-6,8,17H2. The molecule has 0 radical (unpaired) electrons. The third-order valence-electron chi connectivity index (χ3n) is 5.61. The largest absolute Gasteiger partial charge is 0.327 e. The van der Waals surface area contributed by atoms with E-state index in [0.717, 1.165) is 18.5 Å². The Morgan fingerprint density at radius 1 is 1.26 bits per heavy atom. The van der Waals surface area contributed by atoms with Crippen LogP contribution in [-0.4, -0.2) is 16.8 Å². The third-order valence-corrected chi connectivity index (χ3v) is 5.61. The van der Waals surface area contributed by atoms with Gasteiger partial charge in [0.05, 0.1) is 11.6 Å². The molecule has 0 aliphatic heterocycles. The average Bonchev–Trinajstić information content (AvgIpc) is 3.11. The molecule has 3 aliphatic rings. The Morgan fingerprint density at radius 2 is 2.11 bits per heavy atom. The molecule has 19 heavy (non-hydrogen) atoms. The molecule has 0 saturated heterocycles. The highest BCUT2D eigenvalue weighted by atomic mass is 16.1. The Hall–Kier alpha value is -1.22. The van der Waals surface area contributed by atoms with Crippen LogP contribution in [0.15, 0.2) is 18.3 Å². The predicted octanol–water partition coefficient (Wildman–Crippen LogP) is 2.05. The summed E-state index contributed by atoms with van der Waals surface area (Å²) in [4.78, 5) is 17.3. The van der Waals surface area contributed by atoms with Gasteiger partial charge < -0.3 is 5.73 Å². The number of carbonyl (C=O) groups is 1. The Labute approximate surface area is 113 Å². The van der Waals surface area contributed by atoms with Gasteiger partial charge in [-0.1, -0.05) is 6.07 Å². The molecule has 1 aromatic heterocycles. The zero-order valence-electron chi connectivity index (χ0n) is 11.1. The Balaban J connectivity index is 1.62. The van der Waals surface area contributed by atoms with Crippen molar-refractivity contribution in [1.82, 2.24) is 4.98 Å². The summed E-state index contributed by atoms with van der Waals surface area (Å²) >= 11 is 0. The fourth-order valence-corrected chi connectivity index (χ4v) is 4.68. The lowest BCUT2D eigenvalue weighted by Crippen LogP contribution is -2.41. The Morgan fingerprint density at radius 3 is 2.89 bits per heavy atom. The number of hydrogen-bond donors (Lipinski definition) is 1. The SMILES string of the molecule is NC1C2CCC(C2)C1C(=O)C1CCc2cccnc21. The molecular formula is C16H20N2O. The summed E-state index contributed by atoms with van der Waals surface area (Å²) in [6, 6.07) is 4.18. The van der Waals surface area contributed by atoms with Crippen molar-refractivity contribution in [1.29, 1.82) is 0 Å². The first-order chi connectivity index (χ1) is 9.25. The van der Waals surface area contributed by atoms with E-state index in [2.05, 4.69) is 11.1 Å². The van der Waals surface area contributed by atoms with E-state index in [0.29, 0.717) is 17.6 Å². The zero-order chi connectivity index (χ0) is 13.0. The molecule has 1 heterocycles. The highest BCUT2D eigenvalue weighted by molar-refractivity contribution is 5.89. The van der Waals surface area contributed by atoms with E-state index in [4.69, 9.17) is 5.73 Å². The normalized spacial score (nSPS) is 39.5. The second-order valence-corrected chi connectivity index (χ2v) is 6.48. The maximum Gasteiger partial charge on any atom is 0.146 e. The van der Waals surface area contributed by atoms with Crippen LogP contribution in [0.3, 0.4) is 0 Å². The highest BCUT2D eigenvalue weighted by Gasteiger charge is 2.51. The van der Waals surface area contributed by atoms with Crippen molar-refractivity contribution in [3.05, 3.63) is 29.6 Å². The number of rotatable bonds is 2. The topological polar surface area (TPSA) is 56.0 Å². The van der Waals surface area contributed by atoms with E-state index in [1.165, 1.54) is 24.8 Å². The smallest absolute Gasteiger partial charge is 0.146 e. The fourth-order valence-electron chi connectivity index (χ4n) is 4.68. The number of nitrogens with zero attached hydrogens (tertiary/aromatic N) is 1. The maximum atomic E-state index is 12.9. The van der Waals surface area contributed by atoms with E-state index >= 15 is 0 Å². The van der Waals surface area contributed by atoms with Gasteiger partial charge in [0.2, 0.25) is 0 Å². The van der Waals surface area contributed by atoms with Crippen LogP contribution in [0.25, 0.3) is 0 Å². The molecule has 0 amide bonds. The summed E-state index contributed by atoms with van der Waals surface area (Å²) in [5, 5.41) is 0. The first kappa shape index (κ1) is 11.6. The number of hydrogen-bond acceptors (Lipinski definition) is 3. The first-order valence-corrected chi connectivity index (χ1v) is 7.49. The number of Topliss-reactive ketones (excluding diaryl/α,β-unsaturated/α-hetero) is 1. The van der Waals surface area contributed by atoms with Crippen molar-refractivity contribution in [2.75, 3.05) is 0 Å². The van der Waals surface area contributed by atoms with Gasteiger partial charge in [-0.25, -0.2) is 0 Å². The molecule has 0 spiro atoms. The van der Waals surface area contributed by atoms with E-state index < -0.39 is 0 Å². The quantitative estimate of drug-likeness (QED) is 0.881. The lowest BCUT2D eigenvalue weighted by atomic mass is 9.77. The summed E-state index contributed by atoms with van der Waals surface area (Å²) in [6.07, 6.45) is 7.36. The van der Waals surface area contributed by atoms with Gasteiger partial charge in [0.1, 0.15) is 5.78 Å². The van der Waals surface area contributed by atoms with Gasteiger partial charge in [0.15, 0.2) is 0 Å². The first-order valence-electron chi connectivity index (χ1n) is 7.49. The van der Waals surface area contributed by atoms with Crippen molar-refractivity contribution in [3.63, 3.8) is 0 Å². The molecule has 2 fully saturated rings. The molecule has 0 aromatic carbocycles. The zero-order valence-corrected chi connectivity index (χ0v) is 11.1. The molecule has 1 aromatic rings. The van der Waals surface area contributed by atoms with Gasteiger partial charge >= 0.3 is 0 Å². The summed E-state index contributed by atoms with van der Waals surface area (Å²) < 4.78 is 0. The van der Waals surface area contributed by atoms with Gasteiger partial charge in [0.25, 0.3) is 0 Å². The predicted molar refractivity (Wildman–Crippen MR) is 72.6 cm³/mol. The number of fused-ring (bicyclic) bond motifs is 3. The molecule has 5 atom stereocenters. The lowest BCUT2D eigenvalue weighted by Gasteiger charge is -2.28. The molecule has 5 unspecified atom stereocenters. The number of aryl methyl sites for hydroxylation is 1. The van der Waals surface area contributed by atoms with E-state index in [1.807, 2.05) is 12.3 Å². The van der Waals surface area contributed by atoms with Gasteiger partial charge in [0, 0.05) is 18.2 Å². The summed E-state index contributed by atoms with van der Waals surface area (Å²) in [6.45, 7) is 0. The summed E-state index contributed by atoms with van der Waals surface area (Å²) in [5.74, 6) is 1.67. The average molecular weight is 256 g/mol. The number of carbonyl (C=O) groups excluding carboxylic acids is 1. The van der Waals surface area contributed by atoms with E-state index in [-0.39, 0.29) is 17.9 Å². The molecule has 100 valence electrons. The second kappa shape index (κ2) is 4.14. The minimum Gasteiger partial charge on any atom is -0.327 e. The fraction of sp³-hybridized carbons (Fsp3) is 0.625. The van der Waals surface area contributed by atoms with Gasteiger partial charge in [-0.15, -0.1) is 0 Å². The van der Waals surface area contributed by atoms with Crippen molar-refractivity contribution in [2.45, 2.75) is 44.1 Å². The van der Waals surface area contributed by atoms with E-state index in [9.17, 15) is 4.79 Å². The number of ketones is 1. The van der Waals surface area contributed by atoms with Gasteiger partial charge in [-0.05, 0) is 55.6 Å². The number of pyridine rings is 1. The lowest BCUT2D eigenvalue weighted by molar-refractivity contribution is -0.126. The van der Waals surface area contributed by atoms with Crippen LogP contribution in [0.1, 0.15) is 42.9 Å². The van der Waals surface area contributed by atoms with Crippen molar-refractivity contribution in [2.24, 2.45) is 23.5 Å². The number of nitrogens with two attached hydrogens (primary N) is 1. The van der Waals surface area contributed by atoms with Crippen LogP contribution in [0.2, 0.25) is 0 Å². The molecule has 2 bridgehead atoms. The molecule has 3 aliphatic carbocycles. The van der Waals surface area contributed by atoms with Gasteiger partial charge in [-0.3, -0.25) is 9.78 Å². The summed E-state index contributed by atoms with van der Waals surface area (Å²) in [7, 11) is 0. The second-order valence-electron chi connectivity index (χ2n) is 6.48. The van der Waals surface area contributed by atoms with E-state index in [1.54, 1.807) is 0 Å². The van der Waals surface area contributed by atoms with Crippen LogP contribution >= 0.6 is 0 Å². The monoisotopic (exact) mass is 256 g/mol. The van der Waals surface area contributed by atoms with Crippen LogP contribution in [-0.2, 0) is 11.2 Å². The van der Waals surface area contributed by atoms with Crippen LogP contribution in [0.4, 0.5) is 0 Å². The third kappa shape index (κ3) is 1.61. The highest BCUT2D eigenvalue weighted by Crippen LogP contribution is 2.50. The molecule has 2 N–H and O–H groups in total. The number of aromatic nitrogens is 1. The molecule has 2 saturated carbocycles. The van der Waals surface area contributed by atoms with Crippen LogP contribution < -0.4 is 5.73 Å². The molecular weight excluding hydrogens is 236 g/mol. The molecule has 4 rings (SSSR count). The maximum absolute atomic E-state index is 12.9.